The average Bonchev–Trinajstić information content (AvgIpc) is 2.47. The number of likely N-dealkylation sites (tertiary alicyclic amines) is 1. The predicted octanol–water partition coefficient (Wildman–Crippen LogP) is 2.26. The molecule has 21 heavy (non-hydrogen) atoms. The highest BCUT2D eigenvalue weighted by atomic mass is 35.5. The standard InChI is InChI=1S/C15H20ClN3O2/c1-2-4-14(20)17-11-7-9-19(10-8-11)15(21)12-5-3-6-13(16)18-12/h3,5-6,11H,2,4,7-10H2,1H3,(H,17,20). The number of pyridine rings is 1. The molecule has 0 atom stereocenters. The van der Waals surface area contributed by atoms with Crippen molar-refractivity contribution < 1.29 is 9.59 Å². The van der Waals surface area contributed by atoms with Crippen LogP contribution >= 0.6 is 11.6 Å². The number of piperidine rings is 1. The summed E-state index contributed by atoms with van der Waals surface area (Å²) in [6.07, 6.45) is 2.97. The number of nitrogens with zero attached hydrogens (tertiary/aromatic N) is 2. The highest BCUT2D eigenvalue weighted by Gasteiger charge is 2.25. The molecule has 1 aliphatic heterocycles. The summed E-state index contributed by atoms with van der Waals surface area (Å²) >= 11 is 5.81. The summed E-state index contributed by atoms with van der Waals surface area (Å²) in [5, 5.41) is 3.34. The van der Waals surface area contributed by atoms with Gasteiger partial charge >= 0.3 is 0 Å². The average molecular weight is 310 g/mol. The fraction of sp³-hybridized carbons (Fsp3) is 0.533. The van der Waals surface area contributed by atoms with Crippen LogP contribution in [0, 0.1) is 0 Å². The number of carbonyl (C=O) groups is 2. The molecule has 114 valence electrons. The largest absolute Gasteiger partial charge is 0.353 e. The van der Waals surface area contributed by atoms with E-state index in [-0.39, 0.29) is 17.9 Å². The first kappa shape index (κ1) is 15.8. The monoisotopic (exact) mass is 309 g/mol. The van der Waals surface area contributed by atoms with E-state index >= 15 is 0 Å². The molecule has 1 aliphatic rings. The van der Waals surface area contributed by atoms with Gasteiger partial charge in [0.15, 0.2) is 0 Å². The first-order chi connectivity index (χ1) is 10.1. The van der Waals surface area contributed by atoms with Gasteiger partial charge in [-0.05, 0) is 31.4 Å². The molecule has 0 aliphatic carbocycles. The van der Waals surface area contributed by atoms with Gasteiger partial charge in [-0.1, -0.05) is 24.6 Å². The molecule has 1 saturated heterocycles. The SMILES string of the molecule is CCCC(=O)NC1CCN(C(=O)c2cccc(Cl)n2)CC1. The maximum absolute atomic E-state index is 12.3. The number of amides is 2. The Bertz CT molecular complexity index is 513. The molecule has 0 radical (unpaired) electrons. The van der Waals surface area contributed by atoms with Crippen LogP contribution in [-0.4, -0.2) is 40.8 Å². The first-order valence-electron chi connectivity index (χ1n) is 7.31. The van der Waals surface area contributed by atoms with Crippen molar-refractivity contribution in [2.75, 3.05) is 13.1 Å². The van der Waals surface area contributed by atoms with Gasteiger partial charge in [-0.3, -0.25) is 9.59 Å². The lowest BCUT2D eigenvalue weighted by atomic mass is 10.0. The van der Waals surface area contributed by atoms with Gasteiger partial charge in [0.05, 0.1) is 0 Å². The molecule has 1 aromatic rings. The Labute approximate surface area is 129 Å². The third-order valence-electron chi connectivity index (χ3n) is 3.56. The Morgan fingerprint density at radius 1 is 1.38 bits per heavy atom. The highest BCUT2D eigenvalue weighted by Crippen LogP contribution is 2.14. The van der Waals surface area contributed by atoms with Crippen LogP contribution in [0.3, 0.4) is 0 Å². The maximum Gasteiger partial charge on any atom is 0.272 e. The molecule has 5 nitrogen and oxygen atoms in total. The third-order valence-corrected chi connectivity index (χ3v) is 3.77. The van der Waals surface area contributed by atoms with Crippen molar-refractivity contribution in [1.29, 1.82) is 0 Å². The smallest absolute Gasteiger partial charge is 0.272 e. The van der Waals surface area contributed by atoms with Crippen LogP contribution < -0.4 is 5.32 Å². The van der Waals surface area contributed by atoms with Crippen molar-refractivity contribution in [2.24, 2.45) is 0 Å². The van der Waals surface area contributed by atoms with Gasteiger partial charge < -0.3 is 10.2 Å². The lowest BCUT2D eigenvalue weighted by Crippen LogP contribution is -2.46. The molecule has 0 saturated carbocycles. The van der Waals surface area contributed by atoms with Crippen molar-refractivity contribution in [3.05, 3.63) is 29.0 Å². The number of hydrogen-bond acceptors (Lipinski definition) is 3. The van der Waals surface area contributed by atoms with Gasteiger partial charge in [0, 0.05) is 25.6 Å². The fourth-order valence-electron chi connectivity index (χ4n) is 2.44. The number of hydrogen-bond donors (Lipinski definition) is 1. The molecular formula is C15H20ClN3O2. The summed E-state index contributed by atoms with van der Waals surface area (Å²) in [7, 11) is 0. The molecule has 1 N–H and O–H groups in total. The minimum Gasteiger partial charge on any atom is -0.353 e. The Hall–Kier alpha value is -1.62. The zero-order valence-corrected chi connectivity index (χ0v) is 12.9. The zero-order valence-electron chi connectivity index (χ0n) is 12.1. The molecule has 1 fully saturated rings. The number of rotatable bonds is 4. The highest BCUT2D eigenvalue weighted by molar-refractivity contribution is 6.29. The molecule has 6 heteroatoms. The molecular weight excluding hydrogens is 290 g/mol. The summed E-state index contributed by atoms with van der Waals surface area (Å²) in [5.74, 6) is -0.00498. The second-order valence-corrected chi connectivity index (χ2v) is 5.62. The van der Waals surface area contributed by atoms with Crippen LogP contribution in [0.2, 0.25) is 5.15 Å². The first-order valence-corrected chi connectivity index (χ1v) is 7.69. The quantitative estimate of drug-likeness (QED) is 0.868. The van der Waals surface area contributed by atoms with Crippen LogP contribution in [0.1, 0.15) is 43.1 Å². The number of carbonyl (C=O) groups excluding carboxylic acids is 2. The van der Waals surface area contributed by atoms with E-state index < -0.39 is 0 Å². The van der Waals surface area contributed by atoms with Crippen molar-refractivity contribution in [2.45, 2.75) is 38.6 Å². The van der Waals surface area contributed by atoms with Gasteiger partial charge in [-0.2, -0.15) is 0 Å². The number of nitrogens with one attached hydrogen (secondary N) is 1. The molecule has 2 rings (SSSR count). The van der Waals surface area contributed by atoms with E-state index in [2.05, 4.69) is 10.3 Å². The van der Waals surface area contributed by atoms with Gasteiger partial charge in [-0.15, -0.1) is 0 Å². The van der Waals surface area contributed by atoms with Crippen LogP contribution in [-0.2, 0) is 4.79 Å². The second kappa shape index (κ2) is 7.41. The van der Waals surface area contributed by atoms with E-state index in [1.54, 1.807) is 23.1 Å². The maximum atomic E-state index is 12.3. The number of halogens is 1. The molecule has 2 amide bonds. The summed E-state index contributed by atoms with van der Waals surface area (Å²) in [6, 6.07) is 5.21. The molecule has 1 aromatic heterocycles. The van der Waals surface area contributed by atoms with E-state index in [4.69, 9.17) is 11.6 Å². The summed E-state index contributed by atoms with van der Waals surface area (Å²) in [4.78, 5) is 29.7. The van der Waals surface area contributed by atoms with Crippen LogP contribution in [0.25, 0.3) is 0 Å². The third kappa shape index (κ3) is 4.43. The van der Waals surface area contributed by atoms with Crippen molar-refractivity contribution in [1.82, 2.24) is 15.2 Å². The molecule has 0 unspecified atom stereocenters. The van der Waals surface area contributed by atoms with E-state index in [1.165, 1.54) is 0 Å². The Morgan fingerprint density at radius 3 is 2.71 bits per heavy atom. The Kier molecular flexibility index (Phi) is 5.56. The lowest BCUT2D eigenvalue weighted by Gasteiger charge is -2.32. The molecule has 0 aromatic carbocycles. The van der Waals surface area contributed by atoms with Crippen LogP contribution in [0.5, 0.6) is 0 Å². The van der Waals surface area contributed by atoms with Crippen molar-refractivity contribution in [3.63, 3.8) is 0 Å². The van der Waals surface area contributed by atoms with Gasteiger partial charge in [0.2, 0.25) is 5.91 Å². The van der Waals surface area contributed by atoms with Gasteiger partial charge in [0.1, 0.15) is 10.8 Å². The van der Waals surface area contributed by atoms with Gasteiger partial charge in [-0.25, -0.2) is 4.98 Å². The zero-order chi connectivity index (χ0) is 15.2. The van der Waals surface area contributed by atoms with E-state index in [1.807, 2.05) is 6.92 Å². The van der Waals surface area contributed by atoms with E-state index in [9.17, 15) is 9.59 Å². The topological polar surface area (TPSA) is 62.3 Å². The number of aromatic nitrogens is 1. The van der Waals surface area contributed by atoms with Gasteiger partial charge in [0.25, 0.3) is 5.91 Å². The lowest BCUT2D eigenvalue weighted by molar-refractivity contribution is -0.122. The predicted molar refractivity (Wildman–Crippen MR) is 81.2 cm³/mol. The van der Waals surface area contributed by atoms with Crippen molar-refractivity contribution in [3.8, 4) is 0 Å². The minimum absolute atomic E-state index is 0.0961. The summed E-state index contributed by atoms with van der Waals surface area (Å²) < 4.78 is 0. The molecule has 0 spiro atoms. The summed E-state index contributed by atoms with van der Waals surface area (Å²) in [6.45, 7) is 3.24. The van der Waals surface area contributed by atoms with E-state index in [0.717, 1.165) is 19.3 Å². The minimum atomic E-state index is -0.101. The Balaban J connectivity index is 1.86. The second-order valence-electron chi connectivity index (χ2n) is 5.23. The van der Waals surface area contributed by atoms with E-state index in [0.29, 0.717) is 30.4 Å². The van der Waals surface area contributed by atoms with Crippen LogP contribution in [0.15, 0.2) is 18.2 Å². The molecule has 2 heterocycles. The fourth-order valence-corrected chi connectivity index (χ4v) is 2.61. The molecule has 0 bridgehead atoms. The Morgan fingerprint density at radius 2 is 2.10 bits per heavy atom. The summed E-state index contributed by atoms with van der Waals surface area (Å²) in [5.41, 5.74) is 0.371. The normalized spacial score (nSPS) is 15.8. The van der Waals surface area contributed by atoms with Crippen molar-refractivity contribution >= 4 is 23.4 Å². The van der Waals surface area contributed by atoms with Crippen LogP contribution in [0.4, 0.5) is 0 Å².